The van der Waals surface area contributed by atoms with Gasteiger partial charge in [0.05, 0.1) is 37.0 Å². The van der Waals surface area contributed by atoms with E-state index in [0.29, 0.717) is 62.3 Å². The summed E-state index contributed by atoms with van der Waals surface area (Å²) in [4.78, 5) is 119. The van der Waals surface area contributed by atoms with Gasteiger partial charge in [0.2, 0.25) is 47.3 Å². The van der Waals surface area contributed by atoms with Crippen LogP contribution in [-0.4, -0.2) is 168 Å². The number of rotatable bonds is 32. The Labute approximate surface area is 501 Å². The zero-order valence-corrected chi connectivity index (χ0v) is 51.7. The number of likely N-dealkylation sites (tertiary alicyclic amines) is 1. The Bertz CT molecular complexity index is 2640. The number of likely N-dealkylation sites (N-methyl/N-ethyl adjacent to an activating group) is 2. The number of ether oxygens (including phenoxy) is 3. The van der Waals surface area contributed by atoms with Crippen LogP contribution in [0.15, 0.2) is 60.8 Å². The molecule has 470 valence electrons. The third-order valence-corrected chi connectivity index (χ3v) is 15.0. The van der Waals surface area contributed by atoms with E-state index in [9.17, 15) is 43.2 Å². The van der Waals surface area contributed by atoms with Crippen LogP contribution in [-0.2, 0) is 77.7 Å². The number of nitrogens with two attached hydrogens (primary N) is 1. The fraction of sp³-hybridized carbons (Fsp3) is 0.623. The molecule has 7 N–H and O–H groups in total. The third kappa shape index (κ3) is 24.7. The van der Waals surface area contributed by atoms with Crippen LogP contribution < -0.4 is 32.3 Å². The lowest BCUT2D eigenvalue weighted by Gasteiger charge is -2.32. The number of imide groups is 1. The van der Waals surface area contributed by atoms with Gasteiger partial charge in [-0.15, -0.1) is 5.10 Å². The van der Waals surface area contributed by atoms with Crippen LogP contribution in [0.5, 0.6) is 0 Å². The van der Waals surface area contributed by atoms with Gasteiger partial charge < -0.3 is 56.3 Å². The number of unbranched alkanes of at least 4 members (excludes halogenated alkanes) is 1. The number of carbonyl (C=O) groups is 9. The fourth-order valence-electron chi connectivity index (χ4n) is 9.31. The molecule has 1 saturated heterocycles. The molecule has 0 spiro atoms. The van der Waals surface area contributed by atoms with Gasteiger partial charge in [-0.3, -0.25) is 43.3 Å². The van der Waals surface area contributed by atoms with Crippen molar-refractivity contribution >= 4 is 59.0 Å². The van der Waals surface area contributed by atoms with Crippen LogP contribution in [0.25, 0.3) is 0 Å². The van der Waals surface area contributed by atoms with E-state index in [0.717, 1.165) is 24.9 Å². The van der Waals surface area contributed by atoms with Crippen LogP contribution in [0.1, 0.15) is 130 Å². The second-order valence-electron chi connectivity index (χ2n) is 23.5. The van der Waals surface area contributed by atoms with Crippen molar-refractivity contribution < 1.29 is 57.4 Å². The maximum atomic E-state index is 13.4. The van der Waals surface area contributed by atoms with Gasteiger partial charge in [0.15, 0.2) is 0 Å². The highest BCUT2D eigenvalue weighted by Crippen LogP contribution is 2.33. The van der Waals surface area contributed by atoms with Gasteiger partial charge in [-0.2, -0.15) is 0 Å². The summed E-state index contributed by atoms with van der Waals surface area (Å²) in [7, 11) is 3.26. The van der Waals surface area contributed by atoms with E-state index in [1.54, 1.807) is 85.3 Å². The average molecular weight is 1190 g/mol. The first-order valence-corrected chi connectivity index (χ1v) is 29.7. The summed E-state index contributed by atoms with van der Waals surface area (Å²) in [5, 5.41) is 22.3. The molecule has 2 atom stereocenters. The van der Waals surface area contributed by atoms with Gasteiger partial charge in [0, 0.05) is 77.1 Å². The first-order valence-electron chi connectivity index (χ1n) is 29.7. The number of hydrogen-bond acceptors (Lipinski definition) is 15. The highest BCUT2D eigenvalue weighted by atomic mass is 16.6. The molecule has 24 heteroatoms. The Balaban J connectivity index is 0.00000297. The second-order valence-corrected chi connectivity index (χ2v) is 23.5. The zero-order chi connectivity index (χ0) is 62.7. The Morgan fingerprint density at radius 1 is 0.824 bits per heavy atom. The molecular weight excluding hydrogens is 1090 g/mol. The van der Waals surface area contributed by atoms with E-state index in [1.165, 1.54) is 22.6 Å². The first kappa shape index (κ1) is 70.2. The minimum Gasteiger partial charge on any atom is -0.445 e. The molecule has 2 aliphatic rings. The van der Waals surface area contributed by atoms with Crippen molar-refractivity contribution in [1.29, 1.82) is 0 Å². The van der Waals surface area contributed by atoms with Crippen LogP contribution >= 0.6 is 0 Å². The first-order chi connectivity index (χ1) is 40.3. The van der Waals surface area contributed by atoms with Crippen LogP contribution in [0.3, 0.4) is 0 Å². The maximum absolute atomic E-state index is 13.4. The third-order valence-electron chi connectivity index (χ3n) is 15.0. The van der Waals surface area contributed by atoms with E-state index < -0.39 is 66.7 Å². The minimum atomic E-state index is -1.07. The van der Waals surface area contributed by atoms with Crippen molar-refractivity contribution in [2.45, 2.75) is 150 Å². The molecule has 2 heterocycles. The standard InChI is InChI=1S/C57H83N11O12.C4H11N/c1-10-50(72)65(8)26-27-66(9)55(77)79-34-41-18-22-43(23-19-41)61-47(69)31-60-53(75)46(28-39-14-12-11-13-15-39)62-49(71)36-78-35-48(70)58-25-24-57(6,7)80-37-56(4,5)68-33-44(63-64-68)30-59-52(74)42-20-16-40(17-21-42)32-67-51(73)29-45(38(2)3)54(67)76;1-2-3-4-5/h11-15,18-19,22-23,33,38,40,42,45-46H,10,16-17,20-21,24-32,34-37H2,1-9H3,(H,58,70)(H,59,74)(H,60,75)(H,61,69)(H,62,71);2-5H2,1H3. The fourth-order valence-corrected chi connectivity index (χ4v) is 9.31. The zero-order valence-electron chi connectivity index (χ0n) is 51.7. The smallest absolute Gasteiger partial charge is 0.409 e. The quantitative estimate of drug-likeness (QED) is 0.0471. The Hall–Kier alpha value is -7.31. The average Bonchev–Trinajstić information content (AvgIpc) is 3.31. The highest BCUT2D eigenvalue weighted by molar-refractivity contribution is 6.03. The summed E-state index contributed by atoms with van der Waals surface area (Å²) in [6, 6.07) is 14.6. The lowest BCUT2D eigenvalue weighted by atomic mass is 9.81. The van der Waals surface area contributed by atoms with Gasteiger partial charge in [0.1, 0.15) is 31.6 Å². The Morgan fingerprint density at radius 2 is 1.49 bits per heavy atom. The number of aromatic nitrogens is 3. The number of benzene rings is 2. The largest absolute Gasteiger partial charge is 0.445 e. The van der Waals surface area contributed by atoms with Crippen molar-refractivity contribution in [1.82, 2.24) is 51.0 Å². The van der Waals surface area contributed by atoms with Crippen molar-refractivity contribution in [2.24, 2.45) is 29.4 Å². The molecular formula is C61H94N12O12. The Kier molecular flexibility index (Phi) is 29.1. The summed E-state index contributed by atoms with van der Waals surface area (Å²) >= 11 is 0. The second kappa shape index (κ2) is 35.2. The predicted molar refractivity (Wildman–Crippen MR) is 320 cm³/mol. The molecule has 1 saturated carbocycles. The monoisotopic (exact) mass is 1190 g/mol. The number of nitrogens with zero attached hydrogens (tertiary/aromatic N) is 6. The molecule has 85 heavy (non-hydrogen) atoms. The molecule has 24 nitrogen and oxygen atoms in total. The van der Waals surface area contributed by atoms with E-state index >= 15 is 0 Å². The molecule has 1 aliphatic carbocycles. The van der Waals surface area contributed by atoms with E-state index in [1.807, 2.05) is 47.6 Å². The number of anilines is 1. The summed E-state index contributed by atoms with van der Waals surface area (Å²) in [5.74, 6) is -2.54. The van der Waals surface area contributed by atoms with Crippen LogP contribution in [0.4, 0.5) is 10.5 Å². The molecule has 0 bridgehead atoms. The molecule has 5 rings (SSSR count). The van der Waals surface area contributed by atoms with Gasteiger partial charge in [0.25, 0.3) is 0 Å². The van der Waals surface area contributed by atoms with Crippen molar-refractivity contribution in [3.05, 3.63) is 77.6 Å². The maximum Gasteiger partial charge on any atom is 0.409 e. The van der Waals surface area contributed by atoms with Crippen molar-refractivity contribution in [2.75, 3.05) is 78.5 Å². The molecule has 2 aromatic carbocycles. The molecule has 2 fully saturated rings. The highest BCUT2D eigenvalue weighted by Gasteiger charge is 2.41. The summed E-state index contributed by atoms with van der Waals surface area (Å²) in [6.07, 6.45) is 7.76. The summed E-state index contributed by atoms with van der Waals surface area (Å²) in [6.45, 7) is 16.9. The molecule has 9 amide bonds. The van der Waals surface area contributed by atoms with Crippen molar-refractivity contribution in [3.63, 3.8) is 0 Å². The van der Waals surface area contributed by atoms with Gasteiger partial charge >= 0.3 is 6.09 Å². The van der Waals surface area contributed by atoms with Gasteiger partial charge in [-0.1, -0.05) is 81.8 Å². The minimum absolute atomic E-state index is 0.0105. The summed E-state index contributed by atoms with van der Waals surface area (Å²) in [5.41, 5.74) is 6.33. The molecule has 1 aliphatic heterocycles. The normalized spacial score (nSPS) is 16.4. The topological polar surface area (TPSA) is 308 Å². The van der Waals surface area contributed by atoms with E-state index in [4.69, 9.17) is 19.9 Å². The molecule has 0 radical (unpaired) electrons. The van der Waals surface area contributed by atoms with E-state index in [2.05, 4.69) is 43.8 Å². The predicted octanol–water partition coefficient (Wildman–Crippen LogP) is 4.45. The van der Waals surface area contributed by atoms with Crippen LogP contribution in [0, 0.1) is 23.7 Å². The van der Waals surface area contributed by atoms with Crippen molar-refractivity contribution in [3.8, 4) is 0 Å². The molecule has 2 unspecified atom stereocenters. The lowest BCUT2D eigenvalue weighted by molar-refractivity contribution is -0.141. The molecule has 1 aromatic heterocycles. The molecule has 3 aromatic rings. The van der Waals surface area contributed by atoms with Gasteiger partial charge in [-0.25, -0.2) is 9.48 Å². The lowest BCUT2D eigenvalue weighted by Crippen LogP contribution is -2.50. The number of amides is 9. The number of hydrogen-bond donors (Lipinski definition) is 6. The SMILES string of the molecule is CCC(=O)N(C)CCN(C)C(=O)OCc1ccc(NC(=O)CNC(=O)C(Cc2ccccc2)NC(=O)COCC(=O)NCCC(C)(C)OCC(C)(C)n2cc(CNC(=O)C3CCC(CN4C(=O)CC(C(C)C)C4=O)CC3)nn2)cc1.CCCCN. The van der Waals surface area contributed by atoms with E-state index in [-0.39, 0.29) is 86.4 Å². The van der Waals surface area contributed by atoms with Crippen LogP contribution in [0.2, 0.25) is 0 Å². The Morgan fingerprint density at radius 3 is 2.12 bits per heavy atom. The van der Waals surface area contributed by atoms with Gasteiger partial charge in [-0.05, 0) is 108 Å². The number of carbonyl (C=O) groups excluding carboxylic acids is 9. The summed E-state index contributed by atoms with van der Waals surface area (Å²) < 4.78 is 18.8. The number of nitrogens with one attached hydrogen (secondary N) is 5.